The Morgan fingerprint density at radius 2 is 1.60 bits per heavy atom. The molecule has 2 nitrogen and oxygen atoms in total. The van der Waals surface area contributed by atoms with Crippen LogP contribution in [0.1, 0.15) is 69.7 Å². The highest BCUT2D eigenvalue weighted by Gasteiger charge is 2.12. The summed E-state index contributed by atoms with van der Waals surface area (Å²) in [5.74, 6) is -0.0000896. The Kier molecular flexibility index (Phi) is 6.63. The van der Waals surface area contributed by atoms with Crippen molar-refractivity contribution < 1.29 is 9.59 Å². The van der Waals surface area contributed by atoms with Gasteiger partial charge in [-0.05, 0) is 18.3 Å². The fourth-order valence-electron chi connectivity index (χ4n) is 2.15. The summed E-state index contributed by atoms with van der Waals surface area (Å²) in [5.41, 5.74) is 1.00. The van der Waals surface area contributed by atoms with Crippen molar-refractivity contribution in [2.75, 3.05) is 0 Å². The first kappa shape index (κ1) is 16.6. The SMILES string of the molecule is CC(C)(C)CCCCCC(=O)CC(=O)c1ccccc1. The smallest absolute Gasteiger partial charge is 0.170 e. The molecule has 0 aliphatic carbocycles. The van der Waals surface area contributed by atoms with Crippen LogP contribution in [0.2, 0.25) is 0 Å². The maximum atomic E-state index is 11.9. The third-order valence-corrected chi connectivity index (χ3v) is 3.34. The molecule has 0 fully saturated rings. The van der Waals surface area contributed by atoms with E-state index in [4.69, 9.17) is 0 Å². The van der Waals surface area contributed by atoms with Gasteiger partial charge in [0.2, 0.25) is 0 Å². The van der Waals surface area contributed by atoms with Gasteiger partial charge in [-0.25, -0.2) is 0 Å². The van der Waals surface area contributed by atoms with Crippen LogP contribution in [0.3, 0.4) is 0 Å². The molecule has 0 amide bonds. The second kappa shape index (κ2) is 7.98. The number of benzene rings is 1. The largest absolute Gasteiger partial charge is 0.299 e. The Hall–Kier alpha value is -1.44. The molecule has 0 aliphatic heterocycles. The molecule has 1 aromatic carbocycles. The summed E-state index contributed by atoms with van der Waals surface area (Å²) in [6.07, 6.45) is 4.89. The maximum absolute atomic E-state index is 11.9. The monoisotopic (exact) mass is 274 g/mol. The first-order valence-electron chi connectivity index (χ1n) is 7.48. The molecule has 0 heterocycles. The predicted octanol–water partition coefficient (Wildman–Crippen LogP) is 4.83. The molecule has 0 aromatic heterocycles. The van der Waals surface area contributed by atoms with Crippen molar-refractivity contribution in [1.29, 1.82) is 0 Å². The predicted molar refractivity (Wildman–Crippen MR) is 82.9 cm³/mol. The van der Waals surface area contributed by atoms with Gasteiger partial charge in [-0.2, -0.15) is 0 Å². The van der Waals surface area contributed by atoms with Gasteiger partial charge in [0.25, 0.3) is 0 Å². The molecule has 0 atom stereocenters. The van der Waals surface area contributed by atoms with E-state index in [9.17, 15) is 9.59 Å². The lowest BCUT2D eigenvalue weighted by molar-refractivity contribution is -0.118. The van der Waals surface area contributed by atoms with Crippen LogP contribution in [0.4, 0.5) is 0 Å². The van der Waals surface area contributed by atoms with E-state index in [1.165, 1.54) is 6.42 Å². The van der Waals surface area contributed by atoms with Gasteiger partial charge in [0.1, 0.15) is 5.78 Å². The third kappa shape index (κ3) is 7.22. The van der Waals surface area contributed by atoms with Gasteiger partial charge in [0.05, 0.1) is 6.42 Å². The summed E-state index contributed by atoms with van der Waals surface area (Å²) in [4.78, 5) is 23.6. The molecular formula is C18H26O2. The molecule has 0 saturated carbocycles. The van der Waals surface area contributed by atoms with E-state index in [0.717, 1.165) is 19.3 Å². The Morgan fingerprint density at radius 1 is 0.950 bits per heavy atom. The molecule has 0 N–H and O–H groups in total. The molecule has 0 unspecified atom stereocenters. The zero-order valence-corrected chi connectivity index (χ0v) is 12.9. The Balaban J connectivity index is 2.19. The number of unbranched alkanes of at least 4 members (excludes halogenated alkanes) is 2. The highest BCUT2D eigenvalue weighted by molar-refractivity contribution is 6.07. The van der Waals surface area contributed by atoms with E-state index >= 15 is 0 Å². The lowest BCUT2D eigenvalue weighted by atomic mass is 9.89. The highest BCUT2D eigenvalue weighted by Crippen LogP contribution is 2.22. The summed E-state index contributed by atoms with van der Waals surface area (Å²) >= 11 is 0. The lowest BCUT2D eigenvalue weighted by Crippen LogP contribution is -2.08. The van der Waals surface area contributed by atoms with E-state index < -0.39 is 0 Å². The quantitative estimate of drug-likeness (QED) is 0.387. The minimum atomic E-state index is -0.0645. The van der Waals surface area contributed by atoms with E-state index in [0.29, 0.717) is 17.4 Å². The Labute approximate surface area is 122 Å². The van der Waals surface area contributed by atoms with E-state index in [2.05, 4.69) is 20.8 Å². The second-order valence-corrected chi connectivity index (χ2v) is 6.63. The van der Waals surface area contributed by atoms with Gasteiger partial charge in [-0.3, -0.25) is 9.59 Å². The maximum Gasteiger partial charge on any atom is 0.170 e. The fourth-order valence-corrected chi connectivity index (χ4v) is 2.15. The molecule has 0 spiro atoms. The van der Waals surface area contributed by atoms with Crippen molar-refractivity contribution in [2.24, 2.45) is 5.41 Å². The van der Waals surface area contributed by atoms with Crippen molar-refractivity contribution in [2.45, 2.75) is 59.3 Å². The number of carbonyl (C=O) groups excluding carboxylic acids is 2. The van der Waals surface area contributed by atoms with Gasteiger partial charge in [-0.15, -0.1) is 0 Å². The summed E-state index contributed by atoms with van der Waals surface area (Å²) in [7, 11) is 0. The number of carbonyl (C=O) groups is 2. The molecule has 0 radical (unpaired) electrons. The zero-order valence-electron chi connectivity index (χ0n) is 12.9. The number of ketones is 2. The van der Waals surface area contributed by atoms with Crippen LogP contribution in [0, 0.1) is 5.41 Å². The van der Waals surface area contributed by atoms with E-state index in [1.807, 2.05) is 18.2 Å². The number of Topliss-reactive ketones (excluding diaryl/α,β-unsaturated/α-hetero) is 2. The van der Waals surface area contributed by atoms with Gasteiger partial charge in [-0.1, -0.05) is 63.9 Å². The molecule has 0 saturated heterocycles. The first-order chi connectivity index (χ1) is 9.38. The highest BCUT2D eigenvalue weighted by atomic mass is 16.1. The molecule has 0 bridgehead atoms. The van der Waals surface area contributed by atoms with Crippen molar-refractivity contribution in [1.82, 2.24) is 0 Å². The summed E-state index contributed by atoms with van der Waals surface area (Å²) in [6, 6.07) is 9.04. The van der Waals surface area contributed by atoms with Crippen LogP contribution in [-0.2, 0) is 4.79 Å². The van der Waals surface area contributed by atoms with Gasteiger partial charge >= 0.3 is 0 Å². The van der Waals surface area contributed by atoms with E-state index in [1.54, 1.807) is 12.1 Å². The standard InChI is InChI=1S/C18H26O2/c1-18(2,3)13-9-5-8-12-16(19)14-17(20)15-10-6-4-7-11-15/h4,6-7,10-11H,5,8-9,12-14H2,1-3H3. The first-order valence-corrected chi connectivity index (χ1v) is 7.48. The third-order valence-electron chi connectivity index (χ3n) is 3.34. The molecular weight excluding hydrogens is 248 g/mol. The molecule has 110 valence electrons. The van der Waals surface area contributed by atoms with Crippen molar-refractivity contribution in [3.63, 3.8) is 0 Å². The van der Waals surface area contributed by atoms with Crippen LogP contribution in [0.25, 0.3) is 0 Å². The average molecular weight is 274 g/mol. The fraction of sp³-hybridized carbons (Fsp3) is 0.556. The molecule has 20 heavy (non-hydrogen) atoms. The van der Waals surface area contributed by atoms with Crippen molar-refractivity contribution in [3.05, 3.63) is 35.9 Å². The summed E-state index contributed by atoms with van der Waals surface area (Å²) in [5, 5.41) is 0. The molecule has 1 rings (SSSR count). The number of hydrogen-bond acceptors (Lipinski definition) is 2. The normalized spacial score (nSPS) is 11.3. The zero-order chi connectivity index (χ0) is 15.0. The Bertz CT molecular complexity index is 426. The van der Waals surface area contributed by atoms with Crippen LogP contribution in [0.15, 0.2) is 30.3 Å². The summed E-state index contributed by atoms with van der Waals surface area (Å²) in [6.45, 7) is 6.70. The number of hydrogen-bond donors (Lipinski definition) is 0. The van der Waals surface area contributed by atoms with Gasteiger partial charge in [0, 0.05) is 12.0 Å². The molecule has 0 aliphatic rings. The van der Waals surface area contributed by atoms with Gasteiger partial charge < -0.3 is 0 Å². The minimum absolute atomic E-state index is 0.0449. The van der Waals surface area contributed by atoms with Gasteiger partial charge in [0.15, 0.2) is 5.78 Å². The summed E-state index contributed by atoms with van der Waals surface area (Å²) < 4.78 is 0. The molecule has 1 aromatic rings. The van der Waals surface area contributed by atoms with Crippen LogP contribution in [0.5, 0.6) is 0 Å². The van der Waals surface area contributed by atoms with E-state index in [-0.39, 0.29) is 18.0 Å². The van der Waals surface area contributed by atoms with Crippen molar-refractivity contribution >= 4 is 11.6 Å². The average Bonchev–Trinajstić information content (AvgIpc) is 2.38. The Morgan fingerprint density at radius 3 is 2.20 bits per heavy atom. The van der Waals surface area contributed by atoms with Crippen LogP contribution < -0.4 is 0 Å². The number of rotatable bonds is 8. The van der Waals surface area contributed by atoms with Crippen molar-refractivity contribution in [3.8, 4) is 0 Å². The minimum Gasteiger partial charge on any atom is -0.299 e. The van der Waals surface area contributed by atoms with Crippen LogP contribution >= 0.6 is 0 Å². The topological polar surface area (TPSA) is 34.1 Å². The van der Waals surface area contributed by atoms with Crippen LogP contribution in [-0.4, -0.2) is 11.6 Å². The lowest BCUT2D eigenvalue weighted by Gasteiger charge is -2.17. The molecule has 2 heteroatoms. The second-order valence-electron chi connectivity index (χ2n) is 6.63.